The Labute approximate surface area is 187 Å². The molecule has 32 heavy (non-hydrogen) atoms. The number of rotatable bonds is 8. The van der Waals surface area contributed by atoms with E-state index in [0.29, 0.717) is 23.8 Å². The molecular formula is C24H24N2O5S. The average Bonchev–Trinajstić information content (AvgIpc) is 2.77. The highest BCUT2D eigenvalue weighted by atomic mass is 32.2. The Bertz CT molecular complexity index is 1240. The van der Waals surface area contributed by atoms with E-state index >= 15 is 0 Å². The third kappa shape index (κ3) is 6.19. The summed E-state index contributed by atoms with van der Waals surface area (Å²) in [6, 6.07) is 19.0. The summed E-state index contributed by atoms with van der Waals surface area (Å²) in [6.07, 6.45) is 3.01. The lowest BCUT2D eigenvalue weighted by molar-refractivity contribution is -0.111. The highest BCUT2D eigenvalue weighted by molar-refractivity contribution is 7.89. The molecule has 3 N–H and O–H groups in total. The van der Waals surface area contributed by atoms with Crippen LogP contribution in [0.2, 0.25) is 0 Å². The van der Waals surface area contributed by atoms with Crippen molar-refractivity contribution in [2.45, 2.75) is 18.4 Å². The van der Waals surface area contributed by atoms with Crippen molar-refractivity contribution in [2.24, 2.45) is 5.14 Å². The highest BCUT2D eigenvalue weighted by Crippen LogP contribution is 2.29. The molecule has 0 bridgehead atoms. The lowest BCUT2D eigenvalue weighted by atomic mass is 10.1. The van der Waals surface area contributed by atoms with Crippen molar-refractivity contribution in [3.05, 3.63) is 89.5 Å². The van der Waals surface area contributed by atoms with E-state index in [9.17, 15) is 13.2 Å². The van der Waals surface area contributed by atoms with E-state index in [1.54, 1.807) is 25.3 Å². The first-order valence-corrected chi connectivity index (χ1v) is 11.3. The number of aryl methyl sites for hydroxylation is 1. The van der Waals surface area contributed by atoms with Gasteiger partial charge in [0, 0.05) is 11.8 Å². The molecule has 0 aliphatic heterocycles. The van der Waals surface area contributed by atoms with Gasteiger partial charge in [-0.2, -0.15) is 0 Å². The van der Waals surface area contributed by atoms with Crippen LogP contribution < -0.4 is 19.9 Å². The number of methoxy groups -OCH3 is 1. The number of nitrogens with two attached hydrogens (primary N) is 1. The van der Waals surface area contributed by atoms with Crippen molar-refractivity contribution in [3.63, 3.8) is 0 Å². The van der Waals surface area contributed by atoms with Gasteiger partial charge in [0.1, 0.15) is 6.61 Å². The summed E-state index contributed by atoms with van der Waals surface area (Å²) in [4.78, 5) is 12.2. The molecule has 0 atom stereocenters. The van der Waals surface area contributed by atoms with Crippen molar-refractivity contribution >= 4 is 27.7 Å². The summed E-state index contributed by atoms with van der Waals surface area (Å²) in [7, 11) is -2.22. The molecule has 3 aromatic rings. The van der Waals surface area contributed by atoms with Crippen LogP contribution in [0.25, 0.3) is 6.08 Å². The monoisotopic (exact) mass is 452 g/mol. The number of carbonyl (C=O) groups excluding carboxylic acids is 1. The largest absolute Gasteiger partial charge is 0.493 e. The van der Waals surface area contributed by atoms with Gasteiger partial charge >= 0.3 is 0 Å². The number of carbonyl (C=O) groups is 1. The molecular weight excluding hydrogens is 428 g/mol. The minimum absolute atomic E-state index is 0.0251. The second-order valence-corrected chi connectivity index (χ2v) is 8.58. The Morgan fingerprint density at radius 1 is 1.03 bits per heavy atom. The molecule has 0 aliphatic carbocycles. The SMILES string of the molecule is COc1cc(/C=C/C(=O)Nc2ccc(S(N)(=O)=O)cc2)ccc1OCc1ccccc1C. The zero-order valence-corrected chi connectivity index (χ0v) is 18.6. The quantitative estimate of drug-likeness (QED) is 0.504. The Morgan fingerprint density at radius 2 is 1.75 bits per heavy atom. The van der Waals surface area contributed by atoms with Crippen LogP contribution in [0.15, 0.2) is 77.7 Å². The Balaban J connectivity index is 1.64. The van der Waals surface area contributed by atoms with Crippen LogP contribution in [-0.2, 0) is 21.4 Å². The number of primary sulfonamides is 1. The first kappa shape index (κ1) is 23.1. The van der Waals surface area contributed by atoms with Crippen molar-refractivity contribution in [2.75, 3.05) is 12.4 Å². The summed E-state index contributed by atoms with van der Waals surface area (Å²) >= 11 is 0. The third-order valence-corrected chi connectivity index (χ3v) is 5.64. The Hall–Kier alpha value is -3.62. The lowest BCUT2D eigenvalue weighted by Crippen LogP contribution is -2.12. The number of amides is 1. The highest BCUT2D eigenvalue weighted by Gasteiger charge is 2.08. The molecule has 1 amide bonds. The maximum Gasteiger partial charge on any atom is 0.248 e. The fourth-order valence-electron chi connectivity index (χ4n) is 2.92. The molecule has 3 aromatic carbocycles. The molecule has 0 spiro atoms. The van der Waals surface area contributed by atoms with Crippen LogP contribution in [0.3, 0.4) is 0 Å². The van der Waals surface area contributed by atoms with Crippen molar-refractivity contribution in [1.29, 1.82) is 0 Å². The van der Waals surface area contributed by atoms with Crippen LogP contribution in [0.1, 0.15) is 16.7 Å². The maximum absolute atomic E-state index is 12.2. The number of benzene rings is 3. The van der Waals surface area contributed by atoms with Gasteiger partial charge in [0.05, 0.1) is 12.0 Å². The summed E-state index contributed by atoms with van der Waals surface area (Å²) in [5.74, 6) is 0.791. The van der Waals surface area contributed by atoms with E-state index in [4.69, 9.17) is 14.6 Å². The number of hydrogen-bond donors (Lipinski definition) is 2. The normalized spacial score (nSPS) is 11.3. The fourth-order valence-corrected chi connectivity index (χ4v) is 3.43. The average molecular weight is 453 g/mol. The standard InChI is InChI=1S/C24H24N2O5S/c1-17-5-3-4-6-19(17)16-31-22-13-7-18(15-23(22)30-2)8-14-24(27)26-20-9-11-21(12-10-20)32(25,28)29/h3-15H,16H2,1-2H3,(H,26,27)(H2,25,28,29)/b14-8+. The molecule has 0 aromatic heterocycles. The fraction of sp³-hybridized carbons (Fsp3) is 0.125. The minimum Gasteiger partial charge on any atom is -0.493 e. The van der Waals surface area contributed by atoms with Crippen LogP contribution in [0.4, 0.5) is 5.69 Å². The summed E-state index contributed by atoms with van der Waals surface area (Å²) < 4.78 is 33.9. The van der Waals surface area contributed by atoms with Gasteiger partial charge in [-0.15, -0.1) is 0 Å². The van der Waals surface area contributed by atoms with Crippen LogP contribution in [-0.4, -0.2) is 21.4 Å². The van der Waals surface area contributed by atoms with E-state index < -0.39 is 10.0 Å². The number of nitrogens with one attached hydrogen (secondary N) is 1. The molecule has 0 unspecified atom stereocenters. The second kappa shape index (κ2) is 10.1. The number of ether oxygens (including phenoxy) is 2. The van der Waals surface area contributed by atoms with Crippen molar-refractivity contribution in [3.8, 4) is 11.5 Å². The topological polar surface area (TPSA) is 108 Å². The lowest BCUT2D eigenvalue weighted by Gasteiger charge is -2.12. The first-order chi connectivity index (χ1) is 15.3. The smallest absolute Gasteiger partial charge is 0.248 e. The maximum atomic E-state index is 12.2. The minimum atomic E-state index is -3.78. The molecule has 0 fully saturated rings. The molecule has 0 saturated carbocycles. The van der Waals surface area contributed by atoms with Gasteiger partial charge in [0.15, 0.2) is 11.5 Å². The van der Waals surface area contributed by atoms with Gasteiger partial charge in [-0.25, -0.2) is 13.6 Å². The summed E-state index contributed by atoms with van der Waals surface area (Å²) in [5.41, 5.74) is 3.44. The van der Waals surface area contributed by atoms with Crippen molar-refractivity contribution in [1.82, 2.24) is 0 Å². The van der Waals surface area contributed by atoms with Gasteiger partial charge in [-0.3, -0.25) is 4.79 Å². The predicted molar refractivity (Wildman–Crippen MR) is 124 cm³/mol. The zero-order chi connectivity index (χ0) is 23.1. The summed E-state index contributed by atoms with van der Waals surface area (Å²) in [6.45, 7) is 2.45. The zero-order valence-electron chi connectivity index (χ0n) is 17.7. The molecule has 8 heteroatoms. The van der Waals surface area contributed by atoms with E-state index in [2.05, 4.69) is 5.32 Å². The number of sulfonamides is 1. The molecule has 166 valence electrons. The number of anilines is 1. The van der Waals surface area contributed by atoms with Gasteiger partial charge in [0.25, 0.3) is 0 Å². The van der Waals surface area contributed by atoms with E-state index in [-0.39, 0.29) is 10.8 Å². The number of hydrogen-bond acceptors (Lipinski definition) is 5. The molecule has 0 radical (unpaired) electrons. The molecule has 0 aliphatic rings. The van der Waals surface area contributed by atoms with E-state index in [1.807, 2.05) is 37.3 Å². The molecule has 3 rings (SSSR count). The first-order valence-electron chi connectivity index (χ1n) is 9.73. The predicted octanol–water partition coefficient (Wildman–Crippen LogP) is 3.88. The van der Waals surface area contributed by atoms with Gasteiger partial charge < -0.3 is 14.8 Å². The molecule has 0 heterocycles. The van der Waals surface area contributed by atoms with Crippen LogP contribution >= 0.6 is 0 Å². The Morgan fingerprint density at radius 3 is 2.41 bits per heavy atom. The third-order valence-electron chi connectivity index (χ3n) is 4.71. The van der Waals surface area contributed by atoms with Crippen LogP contribution in [0.5, 0.6) is 11.5 Å². The van der Waals surface area contributed by atoms with E-state index in [1.165, 1.54) is 30.3 Å². The second-order valence-electron chi connectivity index (χ2n) is 7.02. The molecule has 7 nitrogen and oxygen atoms in total. The van der Waals surface area contributed by atoms with Gasteiger partial charge in [0.2, 0.25) is 15.9 Å². The van der Waals surface area contributed by atoms with Crippen molar-refractivity contribution < 1.29 is 22.7 Å². The van der Waals surface area contributed by atoms with Gasteiger partial charge in [-0.1, -0.05) is 30.3 Å². The van der Waals surface area contributed by atoms with Gasteiger partial charge in [-0.05, 0) is 66.1 Å². The Kier molecular flexibility index (Phi) is 7.29. The van der Waals surface area contributed by atoms with Crippen LogP contribution in [0, 0.1) is 6.92 Å². The van der Waals surface area contributed by atoms with E-state index in [0.717, 1.165) is 16.7 Å². The summed E-state index contributed by atoms with van der Waals surface area (Å²) in [5, 5.41) is 7.72. The molecule has 0 saturated heterocycles.